The van der Waals surface area contributed by atoms with Gasteiger partial charge >= 0.3 is 0 Å². The first-order valence-corrected chi connectivity index (χ1v) is 6.42. The van der Waals surface area contributed by atoms with E-state index in [1.165, 1.54) is 20.2 Å². The van der Waals surface area contributed by atoms with E-state index >= 15 is 0 Å². The molecular weight excluding hydrogens is 242 g/mol. The van der Waals surface area contributed by atoms with Gasteiger partial charge in [0.05, 0.1) is 18.6 Å². The molecule has 0 fully saturated rings. The van der Waals surface area contributed by atoms with Crippen LogP contribution in [0.4, 0.5) is 0 Å². The van der Waals surface area contributed by atoms with Crippen molar-refractivity contribution in [2.75, 3.05) is 20.7 Å². The van der Waals surface area contributed by atoms with Crippen LogP contribution in [0.2, 0.25) is 0 Å². The Labute approximate surface area is 101 Å². The summed E-state index contributed by atoms with van der Waals surface area (Å²) in [7, 11) is -0.726. The molecule has 0 aliphatic carbocycles. The van der Waals surface area contributed by atoms with Crippen molar-refractivity contribution in [1.29, 1.82) is 0 Å². The van der Waals surface area contributed by atoms with Crippen molar-refractivity contribution in [3.8, 4) is 5.75 Å². The summed E-state index contributed by atoms with van der Waals surface area (Å²) in [6.07, 6.45) is 0.552. The molecule has 0 atom stereocenters. The Hall–Kier alpha value is -1.40. The van der Waals surface area contributed by atoms with E-state index in [2.05, 4.69) is 0 Å². The van der Waals surface area contributed by atoms with Gasteiger partial charge < -0.3 is 9.53 Å². The molecule has 17 heavy (non-hydrogen) atoms. The molecule has 0 aliphatic rings. The fraction of sp³-hybridized carbons (Fsp3) is 0.364. The van der Waals surface area contributed by atoms with E-state index < -0.39 is 10.0 Å². The Morgan fingerprint density at radius 3 is 2.53 bits per heavy atom. The standard InChI is InChI=1S/C11H15NO4S/c1-9-8-10(16-3)4-5-11(9)17(14,15)12(2)6-7-13/h4-5,7-8H,6H2,1-3H3. The molecule has 5 nitrogen and oxygen atoms in total. The fourth-order valence-electron chi connectivity index (χ4n) is 1.41. The summed E-state index contributed by atoms with van der Waals surface area (Å²) in [5, 5.41) is 0. The van der Waals surface area contributed by atoms with Crippen molar-refractivity contribution in [1.82, 2.24) is 4.31 Å². The van der Waals surface area contributed by atoms with Gasteiger partial charge in [-0.25, -0.2) is 8.42 Å². The average molecular weight is 257 g/mol. The van der Waals surface area contributed by atoms with Crippen molar-refractivity contribution in [2.45, 2.75) is 11.8 Å². The molecule has 94 valence electrons. The topological polar surface area (TPSA) is 63.7 Å². The number of nitrogens with zero attached hydrogens (tertiary/aromatic N) is 1. The molecule has 0 amide bonds. The minimum Gasteiger partial charge on any atom is -0.497 e. The summed E-state index contributed by atoms with van der Waals surface area (Å²) in [6, 6.07) is 4.70. The van der Waals surface area contributed by atoms with Crippen LogP contribution in [-0.2, 0) is 14.8 Å². The van der Waals surface area contributed by atoms with Gasteiger partial charge in [-0.05, 0) is 30.7 Å². The number of aryl methyl sites for hydroxylation is 1. The third-order valence-corrected chi connectivity index (χ3v) is 4.39. The lowest BCUT2D eigenvalue weighted by atomic mass is 10.2. The van der Waals surface area contributed by atoms with Crippen molar-refractivity contribution >= 4 is 16.3 Å². The summed E-state index contributed by atoms with van der Waals surface area (Å²) < 4.78 is 30.2. The van der Waals surface area contributed by atoms with Gasteiger partial charge in [0, 0.05) is 7.05 Å². The molecule has 0 saturated heterocycles. The first-order valence-electron chi connectivity index (χ1n) is 4.98. The minimum atomic E-state index is -3.61. The molecule has 0 bridgehead atoms. The molecule has 0 radical (unpaired) electrons. The minimum absolute atomic E-state index is 0.159. The van der Waals surface area contributed by atoms with Crippen molar-refractivity contribution in [3.05, 3.63) is 23.8 Å². The van der Waals surface area contributed by atoms with Gasteiger partial charge in [0.2, 0.25) is 10.0 Å². The first kappa shape index (κ1) is 13.7. The summed E-state index contributed by atoms with van der Waals surface area (Å²) >= 11 is 0. The maximum atomic E-state index is 12.1. The second-order valence-electron chi connectivity index (χ2n) is 3.58. The Kier molecular flexibility index (Phi) is 4.25. The van der Waals surface area contributed by atoms with E-state index in [-0.39, 0.29) is 11.4 Å². The van der Waals surface area contributed by atoms with Crippen LogP contribution in [0.5, 0.6) is 5.75 Å². The molecule has 0 heterocycles. The Bertz CT molecular complexity index is 510. The summed E-state index contributed by atoms with van der Waals surface area (Å²) in [5.74, 6) is 0.597. The molecule has 1 rings (SSSR count). The maximum Gasteiger partial charge on any atom is 0.243 e. The number of benzene rings is 1. The number of carbonyl (C=O) groups excluding carboxylic acids is 1. The van der Waals surface area contributed by atoms with E-state index in [1.807, 2.05) is 0 Å². The molecule has 1 aromatic carbocycles. The van der Waals surface area contributed by atoms with Gasteiger partial charge in [0.15, 0.2) is 0 Å². The predicted octanol–water partition coefficient (Wildman–Crippen LogP) is 0.823. The number of methoxy groups -OCH3 is 1. The monoisotopic (exact) mass is 257 g/mol. The van der Waals surface area contributed by atoms with Crippen molar-refractivity contribution in [3.63, 3.8) is 0 Å². The van der Waals surface area contributed by atoms with E-state index in [9.17, 15) is 13.2 Å². The second kappa shape index (κ2) is 5.29. The van der Waals surface area contributed by atoms with E-state index in [1.54, 1.807) is 19.1 Å². The van der Waals surface area contributed by atoms with Crippen LogP contribution in [0.1, 0.15) is 5.56 Å². The zero-order valence-corrected chi connectivity index (χ0v) is 10.8. The number of aldehydes is 1. The number of hydrogen-bond donors (Lipinski definition) is 0. The largest absolute Gasteiger partial charge is 0.497 e. The number of likely N-dealkylation sites (N-methyl/N-ethyl adjacent to an activating group) is 1. The van der Waals surface area contributed by atoms with Gasteiger partial charge in [0.1, 0.15) is 12.0 Å². The second-order valence-corrected chi connectivity index (χ2v) is 5.60. The van der Waals surface area contributed by atoms with Crippen molar-refractivity contribution < 1.29 is 17.9 Å². The van der Waals surface area contributed by atoms with Crippen LogP contribution in [0, 0.1) is 6.92 Å². The summed E-state index contributed by atoms with van der Waals surface area (Å²) in [4.78, 5) is 10.5. The van der Waals surface area contributed by atoms with Gasteiger partial charge in [-0.3, -0.25) is 0 Å². The number of ether oxygens (including phenoxy) is 1. The van der Waals surface area contributed by atoms with Gasteiger partial charge in [-0.15, -0.1) is 0 Å². The highest BCUT2D eigenvalue weighted by molar-refractivity contribution is 7.89. The van der Waals surface area contributed by atoms with Gasteiger partial charge in [-0.2, -0.15) is 4.31 Å². The van der Waals surface area contributed by atoms with Crippen LogP contribution < -0.4 is 4.74 Å². The molecule has 6 heteroatoms. The number of hydrogen-bond acceptors (Lipinski definition) is 4. The van der Waals surface area contributed by atoms with E-state index in [4.69, 9.17) is 4.74 Å². The molecular formula is C11H15NO4S. The number of rotatable bonds is 5. The zero-order valence-electron chi connectivity index (χ0n) is 10.0. The van der Waals surface area contributed by atoms with Crippen LogP contribution >= 0.6 is 0 Å². The number of sulfonamides is 1. The smallest absolute Gasteiger partial charge is 0.243 e. The lowest BCUT2D eigenvalue weighted by Gasteiger charge is -2.16. The highest BCUT2D eigenvalue weighted by atomic mass is 32.2. The maximum absolute atomic E-state index is 12.1. The van der Waals surface area contributed by atoms with Crippen LogP contribution in [-0.4, -0.2) is 39.7 Å². The summed E-state index contributed by atoms with van der Waals surface area (Å²) in [6.45, 7) is 1.53. The zero-order chi connectivity index (χ0) is 13.1. The highest BCUT2D eigenvalue weighted by Crippen LogP contribution is 2.23. The van der Waals surface area contributed by atoms with E-state index in [0.717, 1.165) is 4.31 Å². The van der Waals surface area contributed by atoms with Gasteiger partial charge in [-0.1, -0.05) is 0 Å². The predicted molar refractivity (Wildman–Crippen MR) is 63.6 cm³/mol. The van der Waals surface area contributed by atoms with Crippen molar-refractivity contribution in [2.24, 2.45) is 0 Å². The summed E-state index contributed by atoms with van der Waals surface area (Å²) in [5.41, 5.74) is 0.585. The third kappa shape index (κ3) is 2.83. The SMILES string of the molecule is COc1ccc(S(=O)(=O)N(C)CC=O)c(C)c1. The lowest BCUT2D eigenvalue weighted by molar-refractivity contribution is -0.107. The molecule has 0 unspecified atom stereocenters. The van der Waals surface area contributed by atoms with Gasteiger partial charge in [0.25, 0.3) is 0 Å². The normalized spacial score (nSPS) is 11.5. The average Bonchev–Trinajstić information content (AvgIpc) is 2.28. The highest BCUT2D eigenvalue weighted by Gasteiger charge is 2.22. The molecule has 0 aliphatic heterocycles. The van der Waals surface area contributed by atoms with Crippen LogP contribution in [0.25, 0.3) is 0 Å². The van der Waals surface area contributed by atoms with Crippen LogP contribution in [0.3, 0.4) is 0 Å². The van der Waals surface area contributed by atoms with E-state index in [0.29, 0.717) is 17.6 Å². The fourth-order valence-corrected chi connectivity index (χ4v) is 2.71. The Morgan fingerprint density at radius 1 is 1.41 bits per heavy atom. The Balaban J connectivity index is 3.20. The molecule has 1 aromatic rings. The van der Waals surface area contributed by atoms with Crippen LogP contribution in [0.15, 0.2) is 23.1 Å². The molecule has 0 N–H and O–H groups in total. The molecule has 0 saturated carbocycles. The molecule has 0 spiro atoms. The molecule has 0 aromatic heterocycles. The first-order chi connectivity index (χ1) is 7.93. The quantitative estimate of drug-likeness (QED) is 0.733. The third-order valence-electron chi connectivity index (χ3n) is 2.40. The lowest BCUT2D eigenvalue weighted by Crippen LogP contribution is -2.29. The Morgan fingerprint density at radius 2 is 2.06 bits per heavy atom. The number of carbonyl (C=O) groups is 1.